The van der Waals surface area contributed by atoms with E-state index in [1.165, 1.54) is 0 Å². The summed E-state index contributed by atoms with van der Waals surface area (Å²) in [4.78, 5) is -0.100. The molecule has 4 nitrogen and oxygen atoms in total. The van der Waals surface area contributed by atoms with E-state index in [4.69, 9.17) is 15.4 Å². The lowest BCUT2D eigenvalue weighted by Crippen LogP contribution is -2.17. The molecule has 0 spiro atoms. The maximum absolute atomic E-state index is 13.1. The average molecular weight is 294 g/mol. The van der Waals surface area contributed by atoms with Gasteiger partial charge in [-0.3, -0.25) is 0 Å². The van der Waals surface area contributed by atoms with Gasteiger partial charge >= 0.3 is 0 Å². The van der Waals surface area contributed by atoms with Crippen LogP contribution in [0.2, 0.25) is 0 Å². The normalized spacial score (nSPS) is 20.2. The molecule has 1 N–H and O–H groups in total. The molecular weight excluding hydrogens is 281 g/mol. The molecular formula is C11H13ClFNO3S. The van der Waals surface area contributed by atoms with E-state index in [1.807, 2.05) is 0 Å². The third-order valence-corrected chi connectivity index (χ3v) is 4.20. The fourth-order valence-electron chi connectivity index (χ4n) is 1.88. The maximum atomic E-state index is 13.1. The van der Waals surface area contributed by atoms with Crippen LogP contribution in [0.5, 0.6) is 0 Å². The van der Waals surface area contributed by atoms with Gasteiger partial charge < -0.3 is 10.1 Å². The van der Waals surface area contributed by atoms with Crippen molar-refractivity contribution in [1.29, 1.82) is 0 Å². The van der Waals surface area contributed by atoms with E-state index in [1.54, 1.807) is 0 Å². The molecule has 2 rings (SSSR count). The second kappa shape index (κ2) is 5.52. The van der Waals surface area contributed by atoms with Gasteiger partial charge in [0, 0.05) is 22.8 Å². The molecule has 1 aliphatic rings. The third kappa shape index (κ3) is 3.41. The molecule has 0 unspecified atom stereocenters. The summed E-state index contributed by atoms with van der Waals surface area (Å²) in [6.07, 6.45) is 0.886. The van der Waals surface area contributed by atoms with Gasteiger partial charge in [0.25, 0.3) is 9.05 Å². The van der Waals surface area contributed by atoms with Gasteiger partial charge in [-0.1, -0.05) is 0 Å². The molecule has 18 heavy (non-hydrogen) atoms. The van der Waals surface area contributed by atoms with Gasteiger partial charge in [0.05, 0.1) is 17.6 Å². The number of rotatable bonds is 4. The van der Waals surface area contributed by atoms with Crippen LogP contribution >= 0.6 is 10.7 Å². The van der Waals surface area contributed by atoms with Crippen molar-refractivity contribution in [3.63, 3.8) is 0 Å². The molecule has 0 saturated carbocycles. The van der Waals surface area contributed by atoms with E-state index in [0.717, 1.165) is 37.7 Å². The molecule has 0 aromatic heterocycles. The Morgan fingerprint density at radius 3 is 2.89 bits per heavy atom. The van der Waals surface area contributed by atoms with Gasteiger partial charge in [-0.2, -0.15) is 0 Å². The molecule has 1 saturated heterocycles. The fourth-order valence-corrected chi connectivity index (χ4v) is 2.99. The summed E-state index contributed by atoms with van der Waals surface area (Å²) >= 11 is 0. The summed E-state index contributed by atoms with van der Waals surface area (Å²) in [6.45, 7) is 1.62. The van der Waals surface area contributed by atoms with E-state index in [9.17, 15) is 12.8 Å². The minimum absolute atomic E-state index is 0.0270. The smallest absolute Gasteiger partial charge is 0.261 e. The quantitative estimate of drug-likeness (QED) is 0.858. The molecule has 1 aromatic carbocycles. The van der Waals surface area contributed by atoms with Gasteiger partial charge in [0.2, 0.25) is 0 Å². The van der Waals surface area contributed by atoms with Gasteiger partial charge in [-0.25, -0.2) is 12.8 Å². The lowest BCUT2D eigenvalue weighted by molar-refractivity contribution is 0.0528. The first kappa shape index (κ1) is 13.7. The van der Waals surface area contributed by atoms with Gasteiger partial charge in [-0.15, -0.1) is 0 Å². The van der Waals surface area contributed by atoms with E-state index < -0.39 is 14.9 Å². The van der Waals surface area contributed by atoms with Crippen molar-refractivity contribution in [3.05, 3.63) is 29.6 Å². The third-order valence-electron chi connectivity index (χ3n) is 2.77. The van der Waals surface area contributed by atoms with Crippen LogP contribution in [-0.2, 0) is 20.4 Å². The van der Waals surface area contributed by atoms with Crippen molar-refractivity contribution in [2.45, 2.75) is 24.0 Å². The summed E-state index contributed by atoms with van der Waals surface area (Å²) in [5.74, 6) is -0.512. The number of hydrogen-bond acceptors (Lipinski definition) is 4. The largest absolute Gasteiger partial charge is 0.372 e. The summed E-state index contributed by atoms with van der Waals surface area (Å²) in [5.41, 5.74) is 0.247. The van der Waals surface area contributed by atoms with Gasteiger partial charge in [0.1, 0.15) is 5.82 Å². The lowest BCUT2D eigenvalue weighted by atomic mass is 10.2. The summed E-state index contributed by atoms with van der Waals surface area (Å²) in [5, 5.41) is 3.12. The van der Waals surface area contributed by atoms with E-state index in [2.05, 4.69) is 5.32 Å². The topological polar surface area (TPSA) is 55.4 Å². The van der Waals surface area contributed by atoms with Crippen molar-refractivity contribution in [3.8, 4) is 0 Å². The number of hydrogen-bond donors (Lipinski definition) is 1. The Morgan fingerprint density at radius 2 is 2.28 bits per heavy atom. The average Bonchev–Trinajstić information content (AvgIpc) is 2.77. The van der Waals surface area contributed by atoms with Gasteiger partial charge in [0.15, 0.2) is 0 Å². The molecule has 0 aliphatic carbocycles. The van der Waals surface area contributed by atoms with Crippen molar-refractivity contribution < 1.29 is 17.5 Å². The second-order valence-corrected chi connectivity index (χ2v) is 6.65. The molecule has 1 fully saturated rings. The predicted molar refractivity (Wildman–Crippen MR) is 65.5 cm³/mol. The van der Waals surface area contributed by atoms with E-state index in [0.29, 0.717) is 0 Å². The minimum Gasteiger partial charge on any atom is -0.372 e. The monoisotopic (exact) mass is 293 g/mol. The summed E-state index contributed by atoms with van der Waals surface area (Å²) in [6, 6.07) is 3.36. The molecule has 1 aromatic rings. The molecule has 0 radical (unpaired) electrons. The molecule has 0 bridgehead atoms. The highest BCUT2D eigenvalue weighted by Crippen LogP contribution is 2.22. The number of nitrogens with one attached hydrogen (secondary N) is 1. The Hall–Kier alpha value is -0.690. The Kier molecular flexibility index (Phi) is 4.21. The number of benzene rings is 1. The molecule has 1 aliphatic heterocycles. The first-order chi connectivity index (χ1) is 8.47. The number of ether oxygens (including phenoxy) is 1. The van der Waals surface area contributed by atoms with Crippen molar-refractivity contribution in [2.24, 2.45) is 0 Å². The zero-order chi connectivity index (χ0) is 13.2. The van der Waals surface area contributed by atoms with Crippen LogP contribution in [0.1, 0.15) is 12.0 Å². The Bertz CT molecular complexity index is 529. The highest BCUT2D eigenvalue weighted by atomic mass is 35.7. The molecule has 100 valence electrons. The van der Waals surface area contributed by atoms with Crippen molar-refractivity contribution in [1.82, 2.24) is 5.32 Å². The van der Waals surface area contributed by atoms with Crippen molar-refractivity contribution in [2.75, 3.05) is 13.1 Å². The first-order valence-electron chi connectivity index (χ1n) is 5.52. The Morgan fingerprint density at radius 1 is 1.50 bits per heavy atom. The highest BCUT2D eigenvalue weighted by molar-refractivity contribution is 8.13. The zero-order valence-corrected chi connectivity index (χ0v) is 11.1. The first-order valence-corrected chi connectivity index (χ1v) is 7.83. The molecule has 0 amide bonds. The van der Waals surface area contributed by atoms with Crippen LogP contribution in [0.3, 0.4) is 0 Å². The molecule has 1 heterocycles. The van der Waals surface area contributed by atoms with Gasteiger partial charge in [-0.05, 0) is 31.2 Å². The minimum atomic E-state index is -3.89. The van der Waals surface area contributed by atoms with Crippen LogP contribution in [0.15, 0.2) is 23.1 Å². The van der Waals surface area contributed by atoms with Crippen LogP contribution < -0.4 is 5.32 Å². The summed E-state index contributed by atoms with van der Waals surface area (Å²) in [7, 11) is 1.41. The van der Waals surface area contributed by atoms with Crippen molar-refractivity contribution >= 4 is 19.7 Å². The van der Waals surface area contributed by atoms with E-state index in [-0.39, 0.29) is 23.2 Å². The fraction of sp³-hybridized carbons (Fsp3) is 0.455. The Labute approximate surface area is 110 Å². The highest BCUT2D eigenvalue weighted by Gasteiger charge is 2.19. The van der Waals surface area contributed by atoms with E-state index >= 15 is 0 Å². The Balaban J connectivity index is 2.17. The van der Waals surface area contributed by atoms with Crippen LogP contribution in [0, 0.1) is 5.82 Å². The molecule has 1 atom stereocenters. The SMILES string of the molecule is O=S(=O)(Cl)c1ccc(F)cc1CO[C@H]1CCNC1. The van der Waals surface area contributed by atoms with Crippen LogP contribution in [-0.4, -0.2) is 27.6 Å². The van der Waals surface area contributed by atoms with Crippen LogP contribution in [0.4, 0.5) is 4.39 Å². The zero-order valence-electron chi connectivity index (χ0n) is 9.53. The predicted octanol–water partition coefficient (Wildman–Crippen LogP) is 1.63. The maximum Gasteiger partial charge on any atom is 0.261 e. The van der Waals surface area contributed by atoms with Crippen LogP contribution in [0.25, 0.3) is 0 Å². The second-order valence-electron chi connectivity index (χ2n) is 4.12. The summed E-state index contributed by atoms with van der Waals surface area (Å²) < 4.78 is 41.3. The molecule has 7 heteroatoms. The standard InChI is InChI=1S/C11H13ClFNO3S/c12-18(15,16)11-2-1-9(13)5-8(11)7-17-10-3-4-14-6-10/h1-2,5,10,14H,3-4,6-7H2/t10-/m0/s1. The lowest BCUT2D eigenvalue weighted by Gasteiger charge is -2.12. The number of halogens is 2.